The van der Waals surface area contributed by atoms with Gasteiger partial charge in [-0.1, -0.05) is 12.2 Å². The summed E-state index contributed by atoms with van der Waals surface area (Å²) < 4.78 is 10.6. The molecule has 12 heavy (non-hydrogen) atoms. The summed E-state index contributed by atoms with van der Waals surface area (Å²) in [6.45, 7) is 3.43. The smallest absolute Gasteiger partial charge is 0.174 e. The Balaban J connectivity index is 3.91. The molecule has 0 N–H and O–H groups in total. The molecule has 0 fully saturated rings. The van der Waals surface area contributed by atoms with E-state index in [0.29, 0.717) is 10.9 Å². The first-order chi connectivity index (χ1) is 5.65. The molecule has 0 saturated carbocycles. The summed E-state index contributed by atoms with van der Waals surface area (Å²) in [5.41, 5.74) is 0. The quantitative estimate of drug-likeness (QED) is 0.416. The maximum Gasteiger partial charge on any atom is 0.174 e. The van der Waals surface area contributed by atoms with Gasteiger partial charge >= 0.3 is 0 Å². The zero-order valence-electron chi connectivity index (χ0n) is 7.61. The van der Waals surface area contributed by atoms with Gasteiger partial charge in [-0.05, 0) is 6.92 Å². The van der Waals surface area contributed by atoms with Crippen LogP contribution in [0.3, 0.4) is 0 Å². The molecule has 0 saturated heterocycles. The Labute approximate surface area is 84.4 Å². The molecule has 0 aliphatic carbocycles. The molecule has 0 unspecified atom stereocenters. The largest absolute Gasteiger partial charge is 0.354 e. The number of rotatable bonds is 5. The van der Waals surface area contributed by atoms with Crippen LogP contribution in [-0.2, 0) is 9.47 Å². The zero-order chi connectivity index (χ0) is 9.56. The second-order valence-electron chi connectivity index (χ2n) is 2.22. The van der Waals surface area contributed by atoms with Crippen molar-refractivity contribution in [1.82, 2.24) is 4.90 Å². The Morgan fingerprint density at radius 2 is 2.00 bits per heavy atom. The molecule has 0 aliphatic heterocycles. The Bertz CT molecular complexity index is 139. The van der Waals surface area contributed by atoms with Crippen LogP contribution in [0.25, 0.3) is 0 Å². The van der Waals surface area contributed by atoms with Crippen LogP contribution in [0, 0.1) is 0 Å². The molecule has 0 atom stereocenters. The summed E-state index contributed by atoms with van der Waals surface area (Å²) in [7, 11) is 3.20. The lowest BCUT2D eigenvalue weighted by Crippen LogP contribution is -2.35. The molecule has 3 nitrogen and oxygen atoms in total. The van der Waals surface area contributed by atoms with Crippen molar-refractivity contribution < 1.29 is 9.47 Å². The Morgan fingerprint density at radius 3 is 2.25 bits per heavy atom. The summed E-state index contributed by atoms with van der Waals surface area (Å²) in [6.07, 6.45) is -0.241. The van der Waals surface area contributed by atoms with E-state index in [1.165, 1.54) is 0 Å². The highest BCUT2D eigenvalue weighted by Gasteiger charge is 2.11. The maximum absolute atomic E-state index is 5.02. The van der Waals surface area contributed by atoms with E-state index in [1.807, 2.05) is 11.8 Å². The minimum Gasteiger partial charge on any atom is -0.354 e. The van der Waals surface area contributed by atoms with Gasteiger partial charge in [-0.3, -0.25) is 0 Å². The van der Waals surface area contributed by atoms with Crippen LogP contribution < -0.4 is 0 Å². The van der Waals surface area contributed by atoms with Gasteiger partial charge in [-0.25, -0.2) is 0 Å². The van der Waals surface area contributed by atoms with Crippen LogP contribution in [0.1, 0.15) is 6.92 Å². The molecule has 0 aromatic carbocycles. The molecule has 0 rings (SSSR count). The number of thiol groups is 1. The predicted octanol–water partition coefficient (Wildman–Crippen LogP) is 1.14. The predicted molar refractivity (Wildman–Crippen MR) is 56.6 cm³/mol. The van der Waals surface area contributed by atoms with E-state index in [1.54, 1.807) is 14.2 Å². The third-order valence-corrected chi connectivity index (χ3v) is 2.09. The molecule has 0 spiro atoms. The maximum atomic E-state index is 5.02. The van der Waals surface area contributed by atoms with Crippen molar-refractivity contribution in [3.8, 4) is 0 Å². The third kappa shape index (κ3) is 4.25. The molecule has 0 bridgehead atoms. The number of nitrogens with zero attached hydrogens (tertiary/aromatic N) is 1. The minimum absolute atomic E-state index is 0.241. The fourth-order valence-electron chi connectivity index (χ4n) is 0.768. The average molecular weight is 209 g/mol. The summed E-state index contributed by atoms with van der Waals surface area (Å²) in [5, 5.41) is 0. The number of hydrogen-bond donors (Lipinski definition) is 1. The van der Waals surface area contributed by atoms with Gasteiger partial charge in [0.05, 0.1) is 6.54 Å². The lowest BCUT2D eigenvalue weighted by molar-refractivity contribution is -0.108. The van der Waals surface area contributed by atoms with Crippen LogP contribution in [0.15, 0.2) is 0 Å². The number of ether oxygens (including phenoxy) is 2. The van der Waals surface area contributed by atoms with Crippen molar-refractivity contribution in [2.45, 2.75) is 13.2 Å². The SMILES string of the molecule is CCN(CC(OC)OC)C(=S)S. The molecule has 0 aromatic heterocycles. The number of thiocarbonyl (C=S) groups is 1. The van der Waals surface area contributed by atoms with Crippen molar-refractivity contribution in [2.75, 3.05) is 27.3 Å². The molecular weight excluding hydrogens is 194 g/mol. The molecule has 0 amide bonds. The van der Waals surface area contributed by atoms with E-state index in [4.69, 9.17) is 21.7 Å². The second-order valence-corrected chi connectivity index (χ2v) is 3.34. The van der Waals surface area contributed by atoms with Crippen LogP contribution in [0.2, 0.25) is 0 Å². The lowest BCUT2D eigenvalue weighted by atomic mass is 10.5. The number of hydrogen-bond acceptors (Lipinski definition) is 3. The van der Waals surface area contributed by atoms with Gasteiger partial charge < -0.3 is 14.4 Å². The van der Waals surface area contributed by atoms with Crippen LogP contribution >= 0.6 is 24.8 Å². The first-order valence-corrected chi connectivity index (χ1v) is 4.54. The second kappa shape index (κ2) is 6.65. The molecule has 0 aliphatic rings. The molecular formula is C7H15NO2S2. The lowest BCUT2D eigenvalue weighted by Gasteiger charge is -2.24. The summed E-state index contributed by atoms with van der Waals surface area (Å²) in [4.78, 5) is 1.90. The van der Waals surface area contributed by atoms with Crippen molar-refractivity contribution in [1.29, 1.82) is 0 Å². The van der Waals surface area contributed by atoms with Gasteiger partial charge in [0.2, 0.25) is 0 Å². The van der Waals surface area contributed by atoms with E-state index < -0.39 is 0 Å². The molecule has 5 heteroatoms. The van der Waals surface area contributed by atoms with Crippen LogP contribution in [0.5, 0.6) is 0 Å². The van der Waals surface area contributed by atoms with Gasteiger partial charge in [-0.15, -0.1) is 12.6 Å². The normalized spacial score (nSPS) is 10.4. The monoisotopic (exact) mass is 209 g/mol. The Hall–Kier alpha value is 0.160. The molecule has 72 valence electrons. The fraction of sp³-hybridized carbons (Fsp3) is 0.857. The number of methoxy groups -OCH3 is 2. The fourth-order valence-corrected chi connectivity index (χ4v) is 1.19. The van der Waals surface area contributed by atoms with E-state index in [-0.39, 0.29) is 6.29 Å². The summed E-state index contributed by atoms with van der Waals surface area (Å²) in [6, 6.07) is 0. The van der Waals surface area contributed by atoms with Gasteiger partial charge in [0.25, 0.3) is 0 Å². The number of likely N-dealkylation sites (N-methyl/N-ethyl adjacent to an activating group) is 1. The van der Waals surface area contributed by atoms with Crippen molar-refractivity contribution >= 4 is 29.2 Å². The van der Waals surface area contributed by atoms with E-state index in [9.17, 15) is 0 Å². The highest BCUT2D eigenvalue weighted by atomic mass is 32.1. The van der Waals surface area contributed by atoms with Gasteiger partial charge in [-0.2, -0.15) is 0 Å². The van der Waals surface area contributed by atoms with Gasteiger partial charge in [0.15, 0.2) is 6.29 Å². The van der Waals surface area contributed by atoms with Gasteiger partial charge in [0, 0.05) is 20.8 Å². The summed E-state index contributed by atoms with van der Waals surface area (Å²) >= 11 is 8.98. The zero-order valence-corrected chi connectivity index (χ0v) is 9.32. The van der Waals surface area contributed by atoms with E-state index in [0.717, 1.165) is 6.54 Å². The molecule has 0 aromatic rings. The standard InChI is InChI=1S/C7H15NO2S2/c1-4-8(7(11)12)5-6(9-2)10-3/h6H,4-5H2,1-3H3,(H,11,12). The first kappa shape index (κ1) is 12.2. The van der Waals surface area contributed by atoms with Crippen molar-refractivity contribution in [2.24, 2.45) is 0 Å². The van der Waals surface area contributed by atoms with Gasteiger partial charge in [0.1, 0.15) is 4.32 Å². The highest BCUT2D eigenvalue weighted by molar-refractivity contribution is 8.10. The molecule has 0 radical (unpaired) electrons. The summed E-state index contributed by atoms with van der Waals surface area (Å²) in [5.74, 6) is 0. The molecule has 0 heterocycles. The van der Waals surface area contributed by atoms with E-state index in [2.05, 4.69) is 12.6 Å². The topological polar surface area (TPSA) is 21.7 Å². The van der Waals surface area contributed by atoms with Crippen LogP contribution in [-0.4, -0.2) is 42.8 Å². The Morgan fingerprint density at radius 1 is 1.50 bits per heavy atom. The van der Waals surface area contributed by atoms with Crippen molar-refractivity contribution in [3.63, 3.8) is 0 Å². The third-order valence-electron chi connectivity index (χ3n) is 1.55. The van der Waals surface area contributed by atoms with Crippen molar-refractivity contribution in [3.05, 3.63) is 0 Å². The van der Waals surface area contributed by atoms with E-state index >= 15 is 0 Å². The highest BCUT2D eigenvalue weighted by Crippen LogP contribution is 2.01. The Kier molecular flexibility index (Phi) is 6.74. The first-order valence-electron chi connectivity index (χ1n) is 3.69. The average Bonchev–Trinajstić information content (AvgIpc) is 2.06. The van der Waals surface area contributed by atoms with Crippen LogP contribution in [0.4, 0.5) is 0 Å². The minimum atomic E-state index is -0.241.